The van der Waals surface area contributed by atoms with Gasteiger partial charge in [0, 0.05) is 55.8 Å². The molecule has 0 aliphatic carbocycles. The Hall–Kier alpha value is -3.00. The largest absolute Gasteiger partial charge is 0.454 e. The van der Waals surface area contributed by atoms with E-state index in [1.165, 1.54) is 24.1 Å². The Morgan fingerprint density at radius 3 is 2.59 bits per heavy atom. The van der Waals surface area contributed by atoms with Gasteiger partial charge in [0.25, 0.3) is 5.91 Å². The van der Waals surface area contributed by atoms with E-state index in [9.17, 15) is 9.18 Å². The normalized spacial score (nSPS) is 16.1. The Bertz CT molecular complexity index is 1030. The quantitative estimate of drug-likeness (QED) is 0.473. The smallest absolute Gasteiger partial charge is 0.254 e. The molecule has 32 heavy (non-hydrogen) atoms. The molecule has 2 aromatic carbocycles. The molecule has 4 rings (SSSR count). The number of amides is 1. The number of hydrogen-bond donors (Lipinski definition) is 0. The van der Waals surface area contributed by atoms with Crippen LogP contribution in [0.1, 0.15) is 29.3 Å². The first kappa shape index (κ1) is 22.2. The molecule has 8 heteroatoms. The number of hydrogen-bond acceptors (Lipinski definition) is 6. The molecule has 2 aliphatic heterocycles. The summed E-state index contributed by atoms with van der Waals surface area (Å²) in [5.74, 6) is 1.05. The molecule has 2 aromatic rings. The van der Waals surface area contributed by atoms with Crippen molar-refractivity contribution in [3.05, 3.63) is 71.0 Å². The molecule has 0 spiro atoms. The Morgan fingerprint density at radius 2 is 1.78 bits per heavy atom. The molecule has 0 unspecified atom stereocenters. The zero-order valence-electron chi connectivity index (χ0n) is 18.1. The van der Waals surface area contributed by atoms with Gasteiger partial charge in [0.2, 0.25) is 6.79 Å². The van der Waals surface area contributed by atoms with Gasteiger partial charge in [0.05, 0.1) is 5.03 Å². The van der Waals surface area contributed by atoms with E-state index in [1.807, 2.05) is 11.8 Å². The molecule has 0 N–H and O–H groups in total. The average molecular weight is 456 g/mol. The van der Waals surface area contributed by atoms with Crippen LogP contribution in [0.3, 0.4) is 0 Å². The zero-order chi connectivity index (χ0) is 22.5. The van der Waals surface area contributed by atoms with Crippen molar-refractivity contribution in [3.8, 4) is 11.5 Å². The summed E-state index contributed by atoms with van der Waals surface area (Å²) in [4.78, 5) is 17.0. The van der Waals surface area contributed by atoms with E-state index < -0.39 is 0 Å². The van der Waals surface area contributed by atoms with E-state index in [4.69, 9.17) is 9.47 Å². The molecule has 1 amide bonds. The van der Waals surface area contributed by atoms with Crippen molar-refractivity contribution in [1.82, 2.24) is 9.80 Å². The van der Waals surface area contributed by atoms with Gasteiger partial charge in [0.15, 0.2) is 11.5 Å². The fourth-order valence-electron chi connectivity index (χ4n) is 3.70. The summed E-state index contributed by atoms with van der Waals surface area (Å²) in [6.07, 6.45) is 1.52. The highest BCUT2D eigenvalue weighted by molar-refractivity contribution is 8.01. The number of carbonyl (C=O) groups excluding carboxylic acids is 1. The van der Waals surface area contributed by atoms with Crippen molar-refractivity contribution in [2.24, 2.45) is 4.40 Å². The molecule has 168 valence electrons. The van der Waals surface area contributed by atoms with Crippen LogP contribution in [0.15, 0.2) is 58.5 Å². The summed E-state index contributed by atoms with van der Waals surface area (Å²) in [7, 11) is 0. The highest BCUT2D eigenvalue weighted by atomic mass is 32.2. The van der Waals surface area contributed by atoms with Crippen molar-refractivity contribution in [1.29, 1.82) is 0 Å². The second kappa shape index (κ2) is 10.1. The first-order chi connectivity index (χ1) is 15.5. The summed E-state index contributed by atoms with van der Waals surface area (Å²) < 4.78 is 28.4. The van der Waals surface area contributed by atoms with Crippen molar-refractivity contribution in [2.45, 2.75) is 19.8 Å². The lowest BCUT2D eigenvalue weighted by atomic mass is 10.1. The minimum Gasteiger partial charge on any atom is -0.454 e. The fraction of sp³-hybridized carbons (Fsp3) is 0.333. The Balaban J connectivity index is 1.30. The van der Waals surface area contributed by atoms with Gasteiger partial charge < -0.3 is 19.3 Å². The third-order valence-corrected chi connectivity index (χ3v) is 6.31. The van der Waals surface area contributed by atoms with Gasteiger partial charge >= 0.3 is 0 Å². The maximum absolute atomic E-state index is 13.1. The third-order valence-electron chi connectivity index (χ3n) is 5.44. The van der Waals surface area contributed by atoms with E-state index in [2.05, 4.69) is 15.9 Å². The van der Waals surface area contributed by atoms with Gasteiger partial charge in [-0.05, 0) is 49.2 Å². The van der Waals surface area contributed by atoms with Crippen LogP contribution in [0.25, 0.3) is 0 Å². The van der Waals surface area contributed by atoms with Crippen molar-refractivity contribution in [2.75, 3.05) is 33.0 Å². The van der Waals surface area contributed by atoms with Gasteiger partial charge in [-0.1, -0.05) is 18.7 Å². The van der Waals surface area contributed by atoms with Gasteiger partial charge in [0.1, 0.15) is 5.82 Å². The number of benzene rings is 2. The summed E-state index contributed by atoms with van der Waals surface area (Å²) in [6.45, 7) is 9.16. The molecule has 0 saturated carbocycles. The number of ether oxygens (including phenoxy) is 2. The summed E-state index contributed by atoms with van der Waals surface area (Å²) in [5.41, 5.74) is 2.57. The third kappa shape index (κ3) is 5.43. The highest BCUT2D eigenvalue weighted by Crippen LogP contribution is 2.33. The Kier molecular flexibility index (Phi) is 6.99. The summed E-state index contributed by atoms with van der Waals surface area (Å²) >= 11 is 1.35. The standard InChI is InChI=1S/C24H26FN3O3S/c1-17(14-19-4-7-21(25)8-5-19)26-32-18(2)27-10-3-11-28(13-12-27)24(29)20-6-9-22-23(15-20)31-16-30-22/h4-9,15H,2-3,10-14,16H2,1H3/b26-17+. The van der Waals surface area contributed by atoms with Crippen LogP contribution >= 0.6 is 11.9 Å². The van der Waals surface area contributed by atoms with E-state index in [-0.39, 0.29) is 18.5 Å². The Labute approximate surface area is 191 Å². The van der Waals surface area contributed by atoms with Crippen LogP contribution in [-0.4, -0.2) is 54.4 Å². The maximum atomic E-state index is 13.1. The molecule has 0 aromatic heterocycles. The summed E-state index contributed by atoms with van der Waals surface area (Å²) in [6, 6.07) is 11.8. The molecule has 0 atom stereocenters. The van der Waals surface area contributed by atoms with Gasteiger partial charge in [-0.25, -0.2) is 8.79 Å². The lowest BCUT2D eigenvalue weighted by Gasteiger charge is -2.24. The number of nitrogens with zero attached hydrogens (tertiary/aromatic N) is 3. The number of rotatable bonds is 6. The SMILES string of the molecule is C=C(S/N=C(\C)Cc1ccc(F)cc1)N1CCCN(C(=O)c2ccc3c(c2)OCO3)CC1. The van der Waals surface area contributed by atoms with Crippen LogP contribution < -0.4 is 9.47 Å². The first-order valence-corrected chi connectivity index (χ1v) is 11.3. The molecule has 2 aliphatic rings. The molecule has 1 fully saturated rings. The van der Waals surface area contributed by atoms with Crippen LogP contribution in [-0.2, 0) is 6.42 Å². The predicted molar refractivity (Wildman–Crippen MR) is 125 cm³/mol. The van der Waals surface area contributed by atoms with E-state index in [1.54, 1.807) is 30.3 Å². The van der Waals surface area contributed by atoms with Crippen molar-refractivity contribution in [3.63, 3.8) is 0 Å². The van der Waals surface area contributed by atoms with Gasteiger partial charge in [-0.2, -0.15) is 0 Å². The molecule has 1 saturated heterocycles. The van der Waals surface area contributed by atoms with E-state index >= 15 is 0 Å². The monoisotopic (exact) mass is 455 g/mol. The number of carbonyl (C=O) groups is 1. The van der Waals surface area contributed by atoms with Crippen molar-refractivity contribution < 1.29 is 18.7 Å². The maximum Gasteiger partial charge on any atom is 0.254 e. The van der Waals surface area contributed by atoms with Gasteiger partial charge in [-0.3, -0.25) is 4.79 Å². The average Bonchev–Trinajstić information content (AvgIpc) is 3.13. The van der Waals surface area contributed by atoms with Crippen LogP contribution in [0.2, 0.25) is 0 Å². The lowest BCUT2D eigenvalue weighted by molar-refractivity contribution is 0.0763. The number of fused-ring (bicyclic) bond motifs is 1. The molecule has 0 bridgehead atoms. The molecule has 2 heterocycles. The molecule has 6 nitrogen and oxygen atoms in total. The topological polar surface area (TPSA) is 54.4 Å². The number of halogens is 1. The second-order valence-electron chi connectivity index (χ2n) is 7.82. The highest BCUT2D eigenvalue weighted by Gasteiger charge is 2.23. The lowest BCUT2D eigenvalue weighted by Crippen LogP contribution is -2.34. The minimum atomic E-state index is -0.238. The first-order valence-electron chi connectivity index (χ1n) is 10.6. The molecular formula is C24H26FN3O3S. The zero-order valence-corrected chi connectivity index (χ0v) is 18.9. The van der Waals surface area contributed by atoms with E-state index in [0.29, 0.717) is 43.1 Å². The van der Waals surface area contributed by atoms with E-state index in [0.717, 1.165) is 29.3 Å². The fourth-order valence-corrected chi connectivity index (χ4v) is 4.32. The minimum absolute atomic E-state index is 0.00317. The second-order valence-corrected chi connectivity index (χ2v) is 8.65. The predicted octanol–water partition coefficient (Wildman–Crippen LogP) is 4.53. The Morgan fingerprint density at radius 1 is 1.06 bits per heavy atom. The molecular weight excluding hydrogens is 429 g/mol. The van der Waals surface area contributed by atoms with Crippen LogP contribution in [0, 0.1) is 5.82 Å². The van der Waals surface area contributed by atoms with Crippen molar-refractivity contribution >= 4 is 23.6 Å². The summed E-state index contributed by atoms with van der Waals surface area (Å²) in [5, 5.41) is 0.862. The molecule has 0 radical (unpaired) electrons. The van der Waals surface area contributed by atoms with Crippen LogP contribution in [0.5, 0.6) is 11.5 Å². The van der Waals surface area contributed by atoms with Gasteiger partial charge in [-0.15, -0.1) is 0 Å². The van der Waals surface area contributed by atoms with Crippen LogP contribution in [0.4, 0.5) is 4.39 Å².